The van der Waals surface area contributed by atoms with Crippen molar-refractivity contribution in [1.29, 1.82) is 0 Å². The summed E-state index contributed by atoms with van der Waals surface area (Å²) in [6.07, 6.45) is 1.11. The number of nitro groups is 2. The summed E-state index contributed by atoms with van der Waals surface area (Å²) in [7, 11) is 0. The Morgan fingerprint density at radius 3 is 1.47 bits per heavy atom. The average molecular weight is 446 g/mol. The molecule has 2 amide bonds. The molecule has 0 aliphatic rings. The predicted octanol–water partition coefficient (Wildman–Crippen LogP) is 3.66. The van der Waals surface area contributed by atoms with Crippen molar-refractivity contribution >= 4 is 34.6 Å². The number of carbonyl (C=O) groups is 2. The van der Waals surface area contributed by atoms with Gasteiger partial charge >= 0.3 is 0 Å². The van der Waals surface area contributed by atoms with Crippen molar-refractivity contribution in [3.63, 3.8) is 0 Å². The monoisotopic (exact) mass is 446 g/mol. The van der Waals surface area contributed by atoms with Gasteiger partial charge in [-0.2, -0.15) is 0 Å². The molecule has 0 aliphatic heterocycles. The quantitative estimate of drug-likeness (QED) is 0.300. The van der Waals surface area contributed by atoms with Gasteiger partial charge in [-0.1, -0.05) is 0 Å². The molecule has 2 N–H and O–H groups in total. The number of anilines is 2. The first-order valence-electron chi connectivity index (χ1n) is 9.55. The molecule has 170 valence electrons. The molecular formula is C20H22N4O8. The van der Waals surface area contributed by atoms with Crippen molar-refractivity contribution < 1.29 is 28.9 Å². The predicted molar refractivity (Wildman–Crippen MR) is 115 cm³/mol. The molecule has 0 saturated carbocycles. The number of nitrogens with one attached hydrogen (secondary N) is 2. The Bertz CT molecular complexity index is 943. The van der Waals surface area contributed by atoms with Gasteiger partial charge in [-0.05, 0) is 25.0 Å². The molecule has 0 saturated heterocycles. The van der Waals surface area contributed by atoms with Crippen LogP contribution in [0, 0.1) is 20.2 Å². The number of hydrogen-bond donors (Lipinski definition) is 2. The smallest absolute Gasteiger partial charge is 0.271 e. The molecule has 0 radical (unpaired) electrons. The van der Waals surface area contributed by atoms with E-state index in [0.29, 0.717) is 24.3 Å². The molecule has 32 heavy (non-hydrogen) atoms. The van der Waals surface area contributed by atoms with E-state index < -0.39 is 9.85 Å². The van der Waals surface area contributed by atoms with Crippen LogP contribution in [-0.4, -0.2) is 34.9 Å². The van der Waals surface area contributed by atoms with Gasteiger partial charge in [-0.3, -0.25) is 29.8 Å². The SMILES string of the molecule is CC(=O)Nc1cc([N+](=O)[O-])ccc1OCCCCOc1ccc([N+](=O)[O-])cc1NC(C)=O. The fourth-order valence-electron chi connectivity index (χ4n) is 2.66. The molecule has 0 aromatic heterocycles. The minimum Gasteiger partial charge on any atom is -0.491 e. The number of nitro benzene ring substituents is 2. The number of carbonyl (C=O) groups excluding carboxylic acids is 2. The molecule has 0 unspecified atom stereocenters. The Morgan fingerprint density at radius 1 is 0.781 bits per heavy atom. The minimum absolute atomic E-state index is 0.174. The lowest BCUT2D eigenvalue weighted by molar-refractivity contribution is -0.385. The highest BCUT2D eigenvalue weighted by Crippen LogP contribution is 2.30. The highest BCUT2D eigenvalue weighted by Gasteiger charge is 2.14. The van der Waals surface area contributed by atoms with Crippen molar-refractivity contribution in [3.05, 3.63) is 56.6 Å². The van der Waals surface area contributed by atoms with Gasteiger partial charge in [0, 0.05) is 38.1 Å². The molecule has 0 aliphatic carbocycles. The van der Waals surface area contributed by atoms with E-state index in [1.54, 1.807) is 0 Å². The number of ether oxygens (including phenoxy) is 2. The summed E-state index contributed by atoms with van der Waals surface area (Å²) >= 11 is 0. The number of nitrogens with zero attached hydrogens (tertiary/aromatic N) is 2. The largest absolute Gasteiger partial charge is 0.491 e. The molecule has 0 fully saturated rings. The lowest BCUT2D eigenvalue weighted by Gasteiger charge is -2.13. The Morgan fingerprint density at radius 2 is 1.16 bits per heavy atom. The van der Waals surface area contributed by atoms with E-state index in [-0.39, 0.29) is 47.8 Å². The van der Waals surface area contributed by atoms with Gasteiger partial charge < -0.3 is 20.1 Å². The van der Waals surface area contributed by atoms with Gasteiger partial charge in [0.1, 0.15) is 11.5 Å². The average Bonchev–Trinajstić information content (AvgIpc) is 2.71. The molecule has 0 heterocycles. The lowest BCUT2D eigenvalue weighted by atomic mass is 10.2. The van der Waals surface area contributed by atoms with Crippen LogP contribution in [0.3, 0.4) is 0 Å². The topological polar surface area (TPSA) is 163 Å². The van der Waals surface area contributed by atoms with Crippen LogP contribution in [0.25, 0.3) is 0 Å². The number of benzene rings is 2. The molecule has 12 nitrogen and oxygen atoms in total. The normalized spacial score (nSPS) is 10.2. The standard InChI is InChI=1S/C20H22N4O8/c1-13(25)21-17-11-15(23(27)28)5-7-19(17)31-9-3-4-10-32-20-8-6-16(24(29)30)12-18(20)22-14(2)26/h5-8,11-12H,3-4,9-10H2,1-2H3,(H,21,25)(H,22,26). The van der Waals surface area contributed by atoms with E-state index >= 15 is 0 Å². The minimum atomic E-state index is -0.570. The van der Waals surface area contributed by atoms with E-state index in [2.05, 4.69) is 10.6 Å². The molecule has 2 aromatic rings. The number of hydrogen-bond acceptors (Lipinski definition) is 8. The molecular weight excluding hydrogens is 424 g/mol. The third kappa shape index (κ3) is 7.23. The van der Waals surface area contributed by atoms with Crippen LogP contribution in [0.4, 0.5) is 22.7 Å². The molecule has 0 spiro atoms. The maximum absolute atomic E-state index is 11.3. The number of amides is 2. The van der Waals surface area contributed by atoms with Gasteiger partial charge in [-0.25, -0.2) is 0 Å². The summed E-state index contributed by atoms with van der Waals surface area (Å²) in [6.45, 7) is 3.08. The molecule has 0 bridgehead atoms. The third-order valence-corrected chi connectivity index (χ3v) is 4.02. The third-order valence-electron chi connectivity index (χ3n) is 4.02. The fourth-order valence-corrected chi connectivity index (χ4v) is 2.66. The first kappa shape index (κ1) is 24.1. The van der Waals surface area contributed by atoms with Gasteiger partial charge in [-0.15, -0.1) is 0 Å². The van der Waals surface area contributed by atoms with Gasteiger partial charge in [0.15, 0.2) is 0 Å². The zero-order valence-electron chi connectivity index (χ0n) is 17.5. The van der Waals surface area contributed by atoms with E-state index in [1.807, 2.05) is 0 Å². The van der Waals surface area contributed by atoms with E-state index in [0.717, 1.165) is 0 Å². The van der Waals surface area contributed by atoms with Crippen LogP contribution in [0.1, 0.15) is 26.7 Å². The van der Waals surface area contributed by atoms with Crippen molar-refractivity contribution in [1.82, 2.24) is 0 Å². The summed E-state index contributed by atoms with van der Waals surface area (Å²) < 4.78 is 11.2. The number of non-ortho nitro benzene ring substituents is 2. The number of rotatable bonds is 11. The second-order valence-corrected chi connectivity index (χ2v) is 6.64. The second-order valence-electron chi connectivity index (χ2n) is 6.64. The first-order valence-corrected chi connectivity index (χ1v) is 9.55. The van der Waals surface area contributed by atoms with Gasteiger partial charge in [0.05, 0.1) is 34.4 Å². The Labute approximate surface area is 182 Å². The maximum Gasteiger partial charge on any atom is 0.271 e. The van der Waals surface area contributed by atoms with Crippen molar-refractivity contribution in [2.75, 3.05) is 23.8 Å². The van der Waals surface area contributed by atoms with Crippen molar-refractivity contribution in [2.24, 2.45) is 0 Å². The first-order chi connectivity index (χ1) is 15.2. The summed E-state index contributed by atoms with van der Waals surface area (Å²) in [5.74, 6) is -0.172. The van der Waals surface area contributed by atoms with Crippen molar-refractivity contribution in [2.45, 2.75) is 26.7 Å². The Hall–Kier alpha value is -4.22. The molecule has 2 rings (SSSR count). The van der Waals surface area contributed by atoms with Gasteiger partial charge in [0.25, 0.3) is 11.4 Å². The highest BCUT2D eigenvalue weighted by atomic mass is 16.6. The summed E-state index contributed by atoms with van der Waals surface area (Å²) in [5.41, 5.74) is 0.0581. The Balaban J connectivity index is 1.90. The van der Waals surface area contributed by atoms with Crippen LogP contribution >= 0.6 is 0 Å². The van der Waals surface area contributed by atoms with Gasteiger partial charge in [0.2, 0.25) is 11.8 Å². The highest BCUT2D eigenvalue weighted by molar-refractivity contribution is 5.91. The van der Waals surface area contributed by atoms with Crippen LogP contribution in [-0.2, 0) is 9.59 Å². The molecule has 0 atom stereocenters. The number of unbranched alkanes of at least 4 members (excludes halogenated alkanes) is 1. The van der Waals surface area contributed by atoms with E-state index in [1.165, 1.54) is 50.2 Å². The van der Waals surface area contributed by atoms with Crippen molar-refractivity contribution in [3.8, 4) is 11.5 Å². The maximum atomic E-state index is 11.3. The van der Waals surface area contributed by atoms with Crippen LogP contribution in [0.15, 0.2) is 36.4 Å². The summed E-state index contributed by atoms with van der Waals surface area (Å²) in [6, 6.07) is 7.83. The summed E-state index contributed by atoms with van der Waals surface area (Å²) in [5, 5.41) is 26.8. The zero-order chi connectivity index (χ0) is 23.7. The summed E-state index contributed by atoms with van der Waals surface area (Å²) in [4.78, 5) is 43.4. The lowest BCUT2D eigenvalue weighted by Crippen LogP contribution is -2.10. The van der Waals surface area contributed by atoms with E-state index in [9.17, 15) is 29.8 Å². The second kappa shape index (κ2) is 11.2. The van der Waals surface area contributed by atoms with E-state index in [4.69, 9.17) is 9.47 Å². The molecule has 2 aromatic carbocycles. The zero-order valence-corrected chi connectivity index (χ0v) is 17.5. The van der Waals surface area contributed by atoms with Crippen LogP contribution in [0.2, 0.25) is 0 Å². The molecule has 12 heteroatoms. The fraction of sp³-hybridized carbons (Fsp3) is 0.300. The van der Waals surface area contributed by atoms with Crippen LogP contribution < -0.4 is 20.1 Å². The Kier molecular flexibility index (Phi) is 8.45. The van der Waals surface area contributed by atoms with Crippen LogP contribution in [0.5, 0.6) is 11.5 Å².